The minimum atomic E-state index is -1.03. The van der Waals surface area contributed by atoms with Gasteiger partial charge < -0.3 is 14.2 Å². The zero-order valence-corrected chi connectivity index (χ0v) is 11.9. The summed E-state index contributed by atoms with van der Waals surface area (Å²) in [4.78, 5) is 14.9. The highest BCUT2D eigenvalue weighted by molar-refractivity contribution is 5.86. The molecule has 1 aromatic carbocycles. The Balaban J connectivity index is 1.86. The molecule has 0 amide bonds. The quantitative estimate of drug-likeness (QED) is 0.802. The lowest BCUT2D eigenvalue weighted by Gasteiger charge is -1.99. The molecule has 0 saturated carbocycles. The Kier molecular flexibility index (Phi) is 3.62. The highest BCUT2D eigenvalue weighted by Gasteiger charge is 2.07. The zero-order valence-electron chi connectivity index (χ0n) is 11.9. The molecule has 22 heavy (non-hydrogen) atoms. The van der Waals surface area contributed by atoms with Crippen molar-refractivity contribution in [3.63, 3.8) is 0 Å². The fraction of sp³-hybridized carbons (Fsp3) is 0.0588. The topological polar surface area (TPSA) is 63.8 Å². The van der Waals surface area contributed by atoms with E-state index in [1.54, 1.807) is 17.6 Å². The second kappa shape index (κ2) is 5.73. The number of ether oxygens (including phenoxy) is 1. The number of carboxylic acids is 1. The number of imidazole rings is 1. The molecular weight excluding hydrogens is 280 g/mol. The first-order chi connectivity index (χ1) is 10.7. The van der Waals surface area contributed by atoms with E-state index in [0.29, 0.717) is 5.65 Å². The Hall–Kier alpha value is -3.08. The molecule has 3 aromatic rings. The predicted octanol–water partition coefficient (Wildman–Crippen LogP) is 3.21. The summed E-state index contributed by atoms with van der Waals surface area (Å²) in [5.41, 5.74) is 2.66. The maximum absolute atomic E-state index is 10.9. The third kappa shape index (κ3) is 2.83. The number of pyridine rings is 1. The molecule has 3 rings (SSSR count). The van der Waals surface area contributed by atoms with E-state index in [2.05, 4.69) is 4.98 Å². The van der Waals surface area contributed by atoms with E-state index < -0.39 is 5.97 Å². The van der Waals surface area contributed by atoms with Crippen LogP contribution < -0.4 is 4.74 Å². The summed E-state index contributed by atoms with van der Waals surface area (Å²) in [6.45, 7) is 0. The number of carbonyl (C=O) groups is 1. The second-order valence-corrected chi connectivity index (χ2v) is 4.77. The lowest BCUT2D eigenvalue weighted by atomic mass is 10.1. The number of carboxylic acid groups (broad SMARTS) is 1. The van der Waals surface area contributed by atoms with E-state index in [9.17, 15) is 4.79 Å². The van der Waals surface area contributed by atoms with Gasteiger partial charge in [0.2, 0.25) is 0 Å². The molecule has 0 unspecified atom stereocenters. The Bertz CT molecular complexity index is 848. The summed E-state index contributed by atoms with van der Waals surface area (Å²) >= 11 is 0. The van der Waals surface area contributed by atoms with Crippen LogP contribution >= 0.6 is 0 Å². The van der Waals surface area contributed by atoms with E-state index in [4.69, 9.17) is 9.84 Å². The van der Waals surface area contributed by atoms with Crippen molar-refractivity contribution in [3.05, 3.63) is 65.6 Å². The first-order valence-electron chi connectivity index (χ1n) is 6.70. The van der Waals surface area contributed by atoms with E-state index in [1.165, 1.54) is 6.20 Å². The smallest absolute Gasteiger partial charge is 0.356 e. The van der Waals surface area contributed by atoms with Crippen LogP contribution in [0.5, 0.6) is 5.75 Å². The molecule has 0 aliphatic heterocycles. The summed E-state index contributed by atoms with van der Waals surface area (Å²) in [5.74, 6) is -0.211. The van der Waals surface area contributed by atoms with Crippen molar-refractivity contribution in [1.29, 1.82) is 0 Å². The lowest BCUT2D eigenvalue weighted by Crippen LogP contribution is -1.94. The van der Waals surface area contributed by atoms with Crippen LogP contribution in [0, 0.1) is 0 Å². The number of rotatable bonds is 4. The number of methoxy groups -OCH3 is 1. The summed E-state index contributed by atoms with van der Waals surface area (Å²) in [6, 6.07) is 11.4. The van der Waals surface area contributed by atoms with Gasteiger partial charge in [0, 0.05) is 12.4 Å². The van der Waals surface area contributed by atoms with E-state index in [1.807, 2.05) is 48.7 Å². The van der Waals surface area contributed by atoms with Gasteiger partial charge in [0.25, 0.3) is 0 Å². The second-order valence-electron chi connectivity index (χ2n) is 4.77. The molecule has 110 valence electrons. The molecule has 2 heterocycles. The molecule has 0 aliphatic carbocycles. The van der Waals surface area contributed by atoms with Gasteiger partial charge in [-0.25, -0.2) is 9.78 Å². The summed E-state index contributed by atoms with van der Waals surface area (Å²) in [5, 5.41) is 8.95. The van der Waals surface area contributed by atoms with Crippen LogP contribution in [-0.2, 0) is 0 Å². The SMILES string of the molecule is COc1ccc(C=Cc2ccc3nc(C(=O)O)cn3c2)cc1. The Morgan fingerprint density at radius 3 is 2.45 bits per heavy atom. The van der Waals surface area contributed by atoms with Crippen LogP contribution in [0.4, 0.5) is 0 Å². The summed E-state index contributed by atoms with van der Waals surface area (Å²) in [6.07, 6.45) is 7.29. The highest BCUT2D eigenvalue weighted by Crippen LogP contribution is 2.15. The number of aromatic nitrogens is 2. The number of hydrogen-bond acceptors (Lipinski definition) is 3. The van der Waals surface area contributed by atoms with Crippen molar-refractivity contribution >= 4 is 23.8 Å². The Morgan fingerprint density at radius 1 is 1.09 bits per heavy atom. The van der Waals surface area contributed by atoms with Crippen LogP contribution in [0.2, 0.25) is 0 Å². The summed E-state index contributed by atoms with van der Waals surface area (Å²) < 4.78 is 6.82. The zero-order chi connectivity index (χ0) is 15.5. The molecule has 0 atom stereocenters. The first-order valence-corrected chi connectivity index (χ1v) is 6.70. The lowest BCUT2D eigenvalue weighted by molar-refractivity contribution is 0.0691. The third-order valence-electron chi connectivity index (χ3n) is 3.28. The van der Waals surface area contributed by atoms with Crippen LogP contribution in [0.15, 0.2) is 48.8 Å². The maximum Gasteiger partial charge on any atom is 0.356 e. The van der Waals surface area contributed by atoms with Crippen molar-refractivity contribution in [3.8, 4) is 5.75 Å². The van der Waals surface area contributed by atoms with Gasteiger partial charge in [-0.2, -0.15) is 0 Å². The number of nitrogens with zero attached hydrogens (tertiary/aromatic N) is 2. The molecular formula is C17H14N2O3. The Morgan fingerprint density at radius 2 is 1.77 bits per heavy atom. The predicted molar refractivity (Wildman–Crippen MR) is 84.1 cm³/mol. The molecule has 5 heteroatoms. The van der Waals surface area contributed by atoms with Gasteiger partial charge in [-0.05, 0) is 35.4 Å². The average molecular weight is 294 g/mol. The fourth-order valence-electron chi connectivity index (χ4n) is 2.12. The minimum Gasteiger partial charge on any atom is -0.497 e. The van der Waals surface area contributed by atoms with Gasteiger partial charge in [0.15, 0.2) is 5.69 Å². The standard InChI is InChI=1S/C17H14N2O3/c1-22-14-7-4-12(5-8-14)2-3-13-6-9-16-18-15(17(20)21)11-19(16)10-13/h2-11H,1H3,(H,20,21). The molecule has 2 aromatic heterocycles. The van der Waals surface area contributed by atoms with Crippen molar-refractivity contribution in [2.75, 3.05) is 7.11 Å². The van der Waals surface area contributed by atoms with Gasteiger partial charge in [-0.3, -0.25) is 0 Å². The largest absolute Gasteiger partial charge is 0.497 e. The molecule has 0 bridgehead atoms. The number of aromatic carboxylic acids is 1. The molecule has 0 radical (unpaired) electrons. The van der Waals surface area contributed by atoms with Gasteiger partial charge in [-0.1, -0.05) is 24.3 Å². The maximum atomic E-state index is 10.9. The van der Waals surface area contributed by atoms with Crippen LogP contribution in [0.3, 0.4) is 0 Å². The van der Waals surface area contributed by atoms with E-state index >= 15 is 0 Å². The number of fused-ring (bicyclic) bond motifs is 1. The molecule has 0 saturated heterocycles. The van der Waals surface area contributed by atoms with Crippen molar-refractivity contribution in [2.24, 2.45) is 0 Å². The van der Waals surface area contributed by atoms with Gasteiger partial charge in [-0.15, -0.1) is 0 Å². The van der Waals surface area contributed by atoms with Gasteiger partial charge in [0.05, 0.1) is 7.11 Å². The number of benzene rings is 1. The Labute approximate surface area is 127 Å². The van der Waals surface area contributed by atoms with Crippen LogP contribution in [0.1, 0.15) is 21.6 Å². The van der Waals surface area contributed by atoms with Crippen molar-refractivity contribution in [1.82, 2.24) is 9.38 Å². The van der Waals surface area contributed by atoms with Crippen LogP contribution in [-0.4, -0.2) is 27.6 Å². The fourth-order valence-corrected chi connectivity index (χ4v) is 2.12. The molecule has 0 spiro atoms. The van der Waals surface area contributed by atoms with Gasteiger partial charge >= 0.3 is 5.97 Å². The summed E-state index contributed by atoms with van der Waals surface area (Å²) in [7, 11) is 1.64. The van der Waals surface area contributed by atoms with Crippen LogP contribution in [0.25, 0.3) is 17.8 Å². The number of hydrogen-bond donors (Lipinski definition) is 1. The highest BCUT2D eigenvalue weighted by atomic mass is 16.5. The van der Waals surface area contributed by atoms with E-state index in [-0.39, 0.29) is 5.69 Å². The molecule has 5 nitrogen and oxygen atoms in total. The van der Waals surface area contributed by atoms with E-state index in [0.717, 1.165) is 16.9 Å². The normalized spacial score (nSPS) is 11.1. The molecule has 1 N–H and O–H groups in total. The molecule has 0 aliphatic rings. The molecule has 0 fully saturated rings. The third-order valence-corrected chi connectivity index (χ3v) is 3.28. The van der Waals surface area contributed by atoms with Crippen molar-refractivity contribution in [2.45, 2.75) is 0 Å². The monoisotopic (exact) mass is 294 g/mol. The average Bonchev–Trinajstić information content (AvgIpc) is 2.97. The van der Waals surface area contributed by atoms with Gasteiger partial charge in [0.1, 0.15) is 11.4 Å². The minimum absolute atomic E-state index is 0.0382. The first kappa shape index (κ1) is 13.9. The van der Waals surface area contributed by atoms with Crippen molar-refractivity contribution < 1.29 is 14.6 Å².